The van der Waals surface area contributed by atoms with Gasteiger partial charge in [-0.15, -0.1) is 22.6 Å². The Morgan fingerprint density at radius 3 is 2.46 bits per heavy atom. The van der Waals surface area contributed by atoms with E-state index in [-0.39, 0.29) is 23.8 Å². The maximum Gasteiger partial charge on any atom is 0.208 e. The molecule has 1 unspecified atom stereocenters. The molecule has 24 heavy (non-hydrogen) atoms. The van der Waals surface area contributed by atoms with E-state index in [1.165, 1.54) is 16.9 Å². The molecule has 3 rings (SSSR count). The number of hydrogen-bond donors (Lipinski definition) is 1. The predicted molar refractivity (Wildman–Crippen MR) is 89.4 cm³/mol. The van der Waals surface area contributed by atoms with Crippen molar-refractivity contribution in [1.82, 2.24) is 20.2 Å². The standard InChI is InChI=1S/C16H15F2N5.ClH/c1-9(19)11-7-6-10(8-14(11)18)12-4-3-5-13(17)15(12)16-20-22-23(2)21-16;/h3-9H,19H2,1-2H3;1H. The third-order valence-electron chi connectivity index (χ3n) is 3.55. The zero-order chi connectivity index (χ0) is 16.6. The van der Waals surface area contributed by atoms with Gasteiger partial charge in [0.2, 0.25) is 5.82 Å². The summed E-state index contributed by atoms with van der Waals surface area (Å²) in [6.07, 6.45) is 0. The van der Waals surface area contributed by atoms with E-state index in [4.69, 9.17) is 5.73 Å². The van der Waals surface area contributed by atoms with Crippen LogP contribution in [0.25, 0.3) is 22.5 Å². The maximum atomic E-state index is 14.3. The summed E-state index contributed by atoms with van der Waals surface area (Å²) in [5, 5.41) is 11.6. The predicted octanol–water partition coefficient (Wildman–Crippen LogP) is 3.26. The van der Waals surface area contributed by atoms with Gasteiger partial charge in [0.25, 0.3) is 0 Å². The lowest BCUT2D eigenvalue weighted by Crippen LogP contribution is -2.07. The average molecular weight is 352 g/mol. The van der Waals surface area contributed by atoms with Crippen LogP contribution >= 0.6 is 12.4 Å². The molecule has 0 spiro atoms. The zero-order valence-electron chi connectivity index (χ0n) is 13.1. The molecule has 126 valence electrons. The van der Waals surface area contributed by atoms with Gasteiger partial charge in [-0.2, -0.15) is 4.80 Å². The highest BCUT2D eigenvalue weighted by atomic mass is 35.5. The summed E-state index contributed by atoms with van der Waals surface area (Å²) in [5.74, 6) is -0.774. The van der Waals surface area contributed by atoms with Crippen molar-refractivity contribution in [2.24, 2.45) is 12.8 Å². The maximum absolute atomic E-state index is 14.3. The summed E-state index contributed by atoms with van der Waals surface area (Å²) >= 11 is 0. The van der Waals surface area contributed by atoms with E-state index in [2.05, 4.69) is 15.4 Å². The van der Waals surface area contributed by atoms with Crippen molar-refractivity contribution in [3.8, 4) is 22.5 Å². The molecular weight excluding hydrogens is 336 g/mol. The number of benzene rings is 2. The van der Waals surface area contributed by atoms with Crippen LogP contribution in [0.3, 0.4) is 0 Å². The Morgan fingerprint density at radius 1 is 1.12 bits per heavy atom. The monoisotopic (exact) mass is 351 g/mol. The van der Waals surface area contributed by atoms with E-state index in [1.54, 1.807) is 38.2 Å². The van der Waals surface area contributed by atoms with Gasteiger partial charge in [-0.1, -0.05) is 24.3 Å². The van der Waals surface area contributed by atoms with Crippen molar-refractivity contribution in [3.05, 3.63) is 53.6 Å². The highest BCUT2D eigenvalue weighted by Crippen LogP contribution is 2.33. The molecule has 0 saturated heterocycles. The van der Waals surface area contributed by atoms with Crippen molar-refractivity contribution >= 4 is 12.4 Å². The smallest absolute Gasteiger partial charge is 0.208 e. The van der Waals surface area contributed by atoms with Crippen LogP contribution in [0.15, 0.2) is 36.4 Å². The van der Waals surface area contributed by atoms with Crippen molar-refractivity contribution < 1.29 is 8.78 Å². The third kappa shape index (κ3) is 3.27. The van der Waals surface area contributed by atoms with Gasteiger partial charge < -0.3 is 5.73 Å². The first-order valence-electron chi connectivity index (χ1n) is 7.05. The molecule has 0 aliphatic rings. The Hall–Kier alpha value is -2.38. The molecule has 0 aliphatic carbocycles. The fourth-order valence-corrected chi connectivity index (χ4v) is 2.44. The minimum absolute atomic E-state index is 0. The Labute approximate surface area is 143 Å². The van der Waals surface area contributed by atoms with E-state index >= 15 is 0 Å². The van der Waals surface area contributed by atoms with Crippen LogP contribution in [-0.2, 0) is 7.05 Å². The SMILES string of the molecule is CC(N)c1ccc(-c2cccc(F)c2-c2nnn(C)n2)cc1F.Cl. The zero-order valence-corrected chi connectivity index (χ0v) is 13.9. The quantitative estimate of drug-likeness (QED) is 0.786. The van der Waals surface area contributed by atoms with Gasteiger partial charge >= 0.3 is 0 Å². The first-order chi connectivity index (χ1) is 11.0. The van der Waals surface area contributed by atoms with Gasteiger partial charge in [0.05, 0.1) is 12.6 Å². The molecule has 3 aromatic rings. The lowest BCUT2D eigenvalue weighted by molar-refractivity contribution is 0.594. The van der Waals surface area contributed by atoms with E-state index < -0.39 is 17.7 Å². The normalized spacial score (nSPS) is 11.9. The molecule has 8 heteroatoms. The molecule has 1 aromatic heterocycles. The van der Waals surface area contributed by atoms with Crippen LogP contribution in [0, 0.1) is 11.6 Å². The molecule has 2 N–H and O–H groups in total. The Bertz CT molecular complexity index is 863. The first kappa shape index (κ1) is 18.0. The van der Waals surface area contributed by atoms with E-state index in [0.717, 1.165) is 0 Å². The molecule has 2 aromatic carbocycles. The van der Waals surface area contributed by atoms with Gasteiger partial charge in [0.1, 0.15) is 11.6 Å². The van der Waals surface area contributed by atoms with E-state index in [0.29, 0.717) is 16.7 Å². The number of rotatable bonds is 3. The molecular formula is C16H16ClF2N5. The Balaban J connectivity index is 0.00000208. The molecule has 0 amide bonds. The van der Waals surface area contributed by atoms with Gasteiger partial charge in [0.15, 0.2) is 0 Å². The van der Waals surface area contributed by atoms with Gasteiger partial charge in [0, 0.05) is 11.6 Å². The number of aromatic nitrogens is 4. The number of nitrogens with two attached hydrogens (primary N) is 1. The second-order valence-corrected chi connectivity index (χ2v) is 5.29. The van der Waals surface area contributed by atoms with Gasteiger partial charge in [-0.05, 0) is 35.4 Å². The minimum Gasteiger partial charge on any atom is -0.324 e. The molecule has 5 nitrogen and oxygen atoms in total. The topological polar surface area (TPSA) is 69.6 Å². The minimum atomic E-state index is -0.493. The lowest BCUT2D eigenvalue weighted by Gasteiger charge is -2.11. The summed E-state index contributed by atoms with van der Waals surface area (Å²) in [4.78, 5) is 1.24. The molecule has 0 fully saturated rings. The number of tetrazole rings is 1. The van der Waals surface area contributed by atoms with Crippen LogP contribution in [0.2, 0.25) is 0 Å². The number of halogens is 3. The highest BCUT2D eigenvalue weighted by Gasteiger charge is 2.18. The number of hydrogen-bond acceptors (Lipinski definition) is 4. The molecule has 0 aliphatic heterocycles. The molecule has 1 atom stereocenters. The first-order valence-corrected chi connectivity index (χ1v) is 7.05. The summed E-state index contributed by atoms with van der Waals surface area (Å²) in [7, 11) is 1.59. The highest BCUT2D eigenvalue weighted by molar-refractivity contribution is 5.85. The molecule has 0 saturated carbocycles. The van der Waals surface area contributed by atoms with Crippen molar-refractivity contribution in [2.75, 3.05) is 0 Å². The van der Waals surface area contributed by atoms with Crippen molar-refractivity contribution in [1.29, 1.82) is 0 Å². The second kappa shape index (κ2) is 7.02. The third-order valence-corrected chi connectivity index (χ3v) is 3.55. The van der Waals surface area contributed by atoms with Crippen molar-refractivity contribution in [2.45, 2.75) is 13.0 Å². The van der Waals surface area contributed by atoms with E-state index in [1.807, 2.05) is 0 Å². The fourth-order valence-electron chi connectivity index (χ4n) is 2.44. The molecule has 0 radical (unpaired) electrons. The van der Waals surface area contributed by atoms with Crippen LogP contribution in [0.5, 0.6) is 0 Å². The average Bonchev–Trinajstić information content (AvgIpc) is 2.92. The summed E-state index contributed by atoms with van der Waals surface area (Å²) in [6.45, 7) is 1.70. The van der Waals surface area contributed by atoms with E-state index in [9.17, 15) is 8.78 Å². The largest absolute Gasteiger partial charge is 0.324 e. The summed E-state index contributed by atoms with van der Waals surface area (Å²) < 4.78 is 28.5. The van der Waals surface area contributed by atoms with Crippen LogP contribution in [0.4, 0.5) is 8.78 Å². The van der Waals surface area contributed by atoms with Crippen molar-refractivity contribution in [3.63, 3.8) is 0 Å². The Morgan fingerprint density at radius 2 is 1.88 bits per heavy atom. The van der Waals surface area contributed by atoms with Gasteiger partial charge in [-0.25, -0.2) is 8.78 Å². The summed E-state index contributed by atoms with van der Waals surface area (Å²) in [5.41, 5.74) is 7.33. The van der Waals surface area contributed by atoms with Gasteiger partial charge in [-0.3, -0.25) is 0 Å². The number of nitrogens with zero attached hydrogens (tertiary/aromatic N) is 4. The molecule has 1 heterocycles. The van der Waals surface area contributed by atoms with Crippen LogP contribution in [0.1, 0.15) is 18.5 Å². The molecule has 0 bridgehead atoms. The van der Waals surface area contributed by atoms with Crippen LogP contribution in [-0.4, -0.2) is 20.2 Å². The Kier molecular flexibility index (Phi) is 5.26. The lowest BCUT2D eigenvalue weighted by atomic mass is 9.96. The van der Waals surface area contributed by atoms with Crippen LogP contribution < -0.4 is 5.73 Å². The second-order valence-electron chi connectivity index (χ2n) is 5.29. The number of aryl methyl sites for hydroxylation is 1. The summed E-state index contributed by atoms with van der Waals surface area (Å²) in [6, 6.07) is 8.79. The fraction of sp³-hybridized carbons (Fsp3) is 0.188.